The van der Waals surface area contributed by atoms with Gasteiger partial charge in [0.2, 0.25) is 0 Å². The highest BCUT2D eigenvalue weighted by molar-refractivity contribution is 6.31. The Kier molecular flexibility index (Phi) is 3.95. The lowest BCUT2D eigenvalue weighted by Crippen LogP contribution is -1.98. The highest BCUT2D eigenvalue weighted by Gasteiger charge is 2.15. The summed E-state index contributed by atoms with van der Waals surface area (Å²) in [6, 6.07) is 14.6. The molecule has 0 fully saturated rings. The maximum atomic E-state index is 10.9. The summed E-state index contributed by atoms with van der Waals surface area (Å²) in [6.07, 6.45) is 1.31. The third kappa shape index (κ3) is 2.87. The minimum absolute atomic E-state index is 0.0958. The quantitative estimate of drug-likeness (QED) is 0.616. The van der Waals surface area contributed by atoms with E-state index in [1.165, 1.54) is 6.07 Å². The van der Waals surface area contributed by atoms with E-state index in [2.05, 4.69) is 0 Å². The number of halogens is 1. The van der Waals surface area contributed by atoms with Crippen molar-refractivity contribution in [1.29, 1.82) is 0 Å². The van der Waals surface area contributed by atoms with Crippen molar-refractivity contribution >= 4 is 17.3 Å². The van der Waals surface area contributed by atoms with Crippen molar-refractivity contribution in [3.05, 3.63) is 74.8 Å². The van der Waals surface area contributed by atoms with E-state index in [9.17, 15) is 10.1 Å². The summed E-state index contributed by atoms with van der Waals surface area (Å²) in [5.41, 5.74) is 1.85. The zero-order valence-electron chi connectivity index (χ0n) is 9.67. The molecule has 0 heterocycles. The molecule has 0 bridgehead atoms. The van der Waals surface area contributed by atoms with Crippen molar-refractivity contribution in [3.63, 3.8) is 0 Å². The van der Waals surface area contributed by atoms with Gasteiger partial charge in [-0.2, -0.15) is 0 Å². The van der Waals surface area contributed by atoms with Crippen molar-refractivity contribution in [1.82, 2.24) is 0 Å². The van der Waals surface area contributed by atoms with Crippen LogP contribution in [0.2, 0.25) is 5.02 Å². The molecule has 0 aliphatic carbocycles. The summed E-state index contributed by atoms with van der Waals surface area (Å²) in [5, 5.41) is 11.4. The van der Waals surface area contributed by atoms with E-state index in [0.717, 1.165) is 12.0 Å². The topological polar surface area (TPSA) is 43.1 Å². The maximum absolute atomic E-state index is 10.9. The van der Waals surface area contributed by atoms with Gasteiger partial charge >= 0.3 is 0 Å². The van der Waals surface area contributed by atoms with Crippen molar-refractivity contribution in [2.24, 2.45) is 0 Å². The van der Waals surface area contributed by atoms with Gasteiger partial charge in [-0.05, 0) is 24.5 Å². The Labute approximate surface area is 110 Å². The standard InChI is InChI=1S/C14H12ClNO2/c15-13-7-4-8-14(16(17)18)12(13)10-9-11-5-2-1-3-6-11/h1-8H,9-10H2. The Balaban J connectivity index is 2.21. The monoisotopic (exact) mass is 261 g/mol. The van der Waals surface area contributed by atoms with E-state index in [1.807, 2.05) is 30.3 Å². The van der Waals surface area contributed by atoms with E-state index in [4.69, 9.17) is 11.6 Å². The molecule has 0 aliphatic heterocycles. The minimum Gasteiger partial charge on any atom is -0.258 e. The molecule has 0 aliphatic rings. The summed E-state index contributed by atoms with van der Waals surface area (Å²) in [7, 11) is 0. The molecular weight excluding hydrogens is 250 g/mol. The molecule has 0 radical (unpaired) electrons. The molecule has 4 heteroatoms. The number of nitro groups is 1. The molecule has 92 valence electrons. The zero-order chi connectivity index (χ0) is 13.0. The summed E-state index contributed by atoms with van der Waals surface area (Å²) >= 11 is 6.04. The van der Waals surface area contributed by atoms with E-state index in [1.54, 1.807) is 12.1 Å². The molecule has 2 aromatic rings. The second-order valence-electron chi connectivity index (χ2n) is 3.98. The van der Waals surface area contributed by atoms with Crippen LogP contribution in [0.4, 0.5) is 5.69 Å². The highest BCUT2D eigenvalue weighted by atomic mass is 35.5. The summed E-state index contributed by atoms with van der Waals surface area (Å²) in [4.78, 5) is 10.5. The number of hydrogen-bond donors (Lipinski definition) is 0. The Morgan fingerprint density at radius 3 is 2.39 bits per heavy atom. The van der Waals surface area contributed by atoms with E-state index < -0.39 is 0 Å². The molecule has 2 aromatic carbocycles. The fraction of sp³-hybridized carbons (Fsp3) is 0.143. The number of benzene rings is 2. The largest absolute Gasteiger partial charge is 0.274 e. The number of nitro benzene ring substituents is 1. The molecule has 18 heavy (non-hydrogen) atoms. The van der Waals surface area contributed by atoms with Crippen molar-refractivity contribution in [2.75, 3.05) is 0 Å². The first-order valence-electron chi connectivity index (χ1n) is 5.64. The number of aryl methyl sites for hydroxylation is 1. The Hall–Kier alpha value is -1.87. The number of nitrogens with zero attached hydrogens (tertiary/aromatic N) is 1. The fourth-order valence-corrected chi connectivity index (χ4v) is 2.14. The summed E-state index contributed by atoms with van der Waals surface area (Å²) in [5.74, 6) is 0. The van der Waals surface area contributed by atoms with E-state index >= 15 is 0 Å². The normalized spacial score (nSPS) is 10.3. The van der Waals surface area contributed by atoms with Crippen LogP contribution >= 0.6 is 11.6 Å². The van der Waals surface area contributed by atoms with Crippen molar-refractivity contribution in [2.45, 2.75) is 12.8 Å². The van der Waals surface area contributed by atoms with Crippen LogP contribution in [0.3, 0.4) is 0 Å². The van der Waals surface area contributed by atoms with Gasteiger partial charge in [0.25, 0.3) is 5.69 Å². The second-order valence-corrected chi connectivity index (χ2v) is 4.39. The van der Waals surface area contributed by atoms with E-state index in [0.29, 0.717) is 17.0 Å². The van der Waals surface area contributed by atoms with Crippen LogP contribution < -0.4 is 0 Å². The molecule has 0 spiro atoms. The van der Waals surface area contributed by atoms with Gasteiger partial charge in [0.05, 0.1) is 9.95 Å². The van der Waals surface area contributed by atoms with Crippen LogP contribution in [0, 0.1) is 10.1 Å². The lowest BCUT2D eigenvalue weighted by atomic mass is 10.0. The zero-order valence-corrected chi connectivity index (χ0v) is 10.4. The number of rotatable bonds is 4. The lowest BCUT2D eigenvalue weighted by molar-refractivity contribution is -0.385. The summed E-state index contributed by atoms with van der Waals surface area (Å²) in [6.45, 7) is 0. The Morgan fingerprint density at radius 2 is 1.72 bits per heavy atom. The van der Waals surface area contributed by atoms with Gasteiger partial charge in [0, 0.05) is 11.6 Å². The van der Waals surface area contributed by atoms with Crippen LogP contribution in [0.25, 0.3) is 0 Å². The smallest absolute Gasteiger partial charge is 0.258 e. The minimum atomic E-state index is -0.383. The molecule has 0 saturated heterocycles. The lowest BCUT2D eigenvalue weighted by Gasteiger charge is -2.05. The third-order valence-corrected chi connectivity index (χ3v) is 3.15. The van der Waals surface area contributed by atoms with Crippen molar-refractivity contribution in [3.8, 4) is 0 Å². The second kappa shape index (κ2) is 5.65. The van der Waals surface area contributed by atoms with Crippen LogP contribution in [-0.2, 0) is 12.8 Å². The molecule has 0 N–H and O–H groups in total. The van der Waals surface area contributed by atoms with Gasteiger partial charge in [-0.15, -0.1) is 0 Å². The van der Waals surface area contributed by atoms with Gasteiger partial charge in [-0.3, -0.25) is 10.1 Å². The van der Waals surface area contributed by atoms with Crippen LogP contribution in [0.5, 0.6) is 0 Å². The first kappa shape index (κ1) is 12.6. The molecular formula is C14H12ClNO2. The fourth-order valence-electron chi connectivity index (χ4n) is 1.88. The molecule has 3 nitrogen and oxygen atoms in total. The van der Waals surface area contributed by atoms with Crippen LogP contribution in [-0.4, -0.2) is 4.92 Å². The molecule has 0 saturated carbocycles. The van der Waals surface area contributed by atoms with Crippen molar-refractivity contribution < 1.29 is 4.92 Å². The molecule has 0 amide bonds. The first-order valence-corrected chi connectivity index (χ1v) is 6.02. The molecule has 0 unspecified atom stereocenters. The maximum Gasteiger partial charge on any atom is 0.274 e. The Bertz CT molecular complexity index is 555. The van der Waals surface area contributed by atoms with Crippen LogP contribution in [0.1, 0.15) is 11.1 Å². The van der Waals surface area contributed by atoms with Gasteiger partial charge in [-0.25, -0.2) is 0 Å². The highest BCUT2D eigenvalue weighted by Crippen LogP contribution is 2.27. The predicted octanol–water partition coefficient (Wildman–Crippen LogP) is 4.03. The third-order valence-electron chi connectivity index (χ3n) is 2.80. The van der Waals surface area contributed by atoms with Gasteiger partial charge < -0.3 is 0 Å². The SMILES string of the molecule is O=[N+]([O-])c1cccc(Cl)c1CCc1ccccc1. The average molecular weight is 262 g/mol. The first-order chi connectivity index (χ1) is 8.68. The average Bonchev–Trinajstić information content (AvgIpc) is 2.38. The van der Waals surface area contributed by atoms with Gasteiger partial charge in [0.1, 0.15) is 0 Å². The van der Waals surface area contributed by atoms with Gasteiger partial charge in [-0.1, -0.05) is 48.0 Å². The van der Waals surface area contributed by atoms with Gasteiger partial charge in [0.15, 0.2) is 0 Å². The summed E-state index contributed by atoms with van der Waals surface area (Å²) < 4.78 is 0. The molecule has 0 atom stereocenters. The van der Waals surface area contributed by atoms with Crippen LogP contribution in [0.15, 0.2) is 48.5 Å². The molecule has 0 aromatic heterocycles. The Morgan fingerprint density at radius 1 is 1.00 bits per heavy atom. The molecule has 2 rings (SSSR count). The van der Waals surface area contributed by atoms with E-state index in [-0.39, 0.29) is 10.6 Å². The number of hydrogen-bond acceptors (Lipinski definition) is 2. The predicted molar refractivity (Wildman–Crippen MR) is 72.0 cm³/mol.